The molecule has 104 valence electrons. The van der Waals surface area contributed by atoms with Crippen LogP contribution in [-0.2, 0) is 0 Å². The highest BCUT2D eigenvalue weighted by Gasteiger charge is 2.40. The second-order valence-electron chi connectivity index (χ2n) is 4.99. The van der Waals surface area contributed by atoms with Crippen molar-refractivity contribution >= 4 is 5.91 Å². The second-order valence-corrected chi connectivity index (χ2v) is 4.99. The molecule has 0 bridgehead atoms. The molecule has 1 fully saturated rings. The molecule has 2 rings (SSSR count). The van der Waals surface area contributed by atoms with Crippen molar-refractivity contribution in [1.29, 1.82) is 0 Å². The Balaban J connectivity index is 2.19. The zero-order valence-corrected chi connectivity index (χ0v) is 10.7. The predicted molar refractivity (Wildman–Crippen MR) is 65.7 cm³/mol. The van der Waals surface area contributed by atoms with Crippen molar-refractivity contribution in [2.24, 2.45) is 5.92 Å². The van der Waals surface area contributed by atoms with Crippen molar-refractivity contribution in [2.75, 3.05) is 6.54 Å². The molecule has 0 saturated heterocycles. The summed E-state index contributed by atoms with van der Waals surface area (Å²) >= 11 is 0. The molecular weight excluding hydrogens is 255 g/mol. The van der Waals surface area contributed by atoms with E-state index in [0.29, 0.717) is 5.56 Å². The molecule has 1 aromatic rings. The summed E-state index contributed by atoms with van der Waals surface area (Å²) in [6, 6.07) is 7.77. The van der Waals surface area contributed by atoms with Gasteiger partial charge in [0.25, 0.3) is 5.91 Å². The number of halogens is 3. The van der Waals surface area contributed by atoms with E-state index in [2.05, 4.69) is 0 Å². The van der Waals surface area contributed by atoms with Crippen molar-refractivity contribution in [1.82, 2.24) is 4.90 Å². The molecule has 0 N–H and O–H groups in total. The maximum atomic E-state index is 12.6. The summed E-state index contributed by atoms with van der Waals surface area (Å²) < 4.78 is 37.9. The van der Waals surface area contributed by atoms with Gasteiger partial charge in [-0.2, -0.15) is 13.2 Å². The Morgan fingerprint density at radius 2 is 1.89 bits per heavy atom. The number of carbonyl (C=O) groups is 1. The van der Waals surface area contributed by atoms with E-state index in [-0.39, 0.29) is 12.0 Å². The maximum Gasteiger partial charge on any atom is 0.406 e. The topological polar surface area (TPSA) is 20.3 Å². The average Bonchev–Trinajstić information content (AvgIpc) is 3.18. The first-order valence-corrected chi connectivity index (χ1v) is 6.31. The van der Waals surface area contributed by atoms with Crippen molar-refractivity contribution in [3.8, 4) is 0 Å². The van der Waals surface area contributed by atoms with E-state index in [1.165, 1.54) is 0 Å². The summed E-state index contributed by atoms with van der Waals surface area (Å²) in [4.78, 5) is 13.2. The SMILES string of the molecule is CC(C1CC1)N(CC(F)(F)F)C(=O)c1ccccc1. The Bertz CT molecular complexity index is 440. The fraction of sp³-hybridized carbons (Fsp3) is 0.500. The largest absolute Gasteiger partial charge is 0.406 e. The minimum Gasteiger partial charge on any atom is -0.327 e. The second kappa shape index (κ2) is 5.23. The molecule has 0 aliphatic heterocycles. The molecule has 2 nitrogen and oxygen atoms in total. The van der Waals surface area contributed by atoms with E-state index in [1.54, 1.807) is 37.3 Å². The van der Waals surface area contributed by atoms with Crippen LogP contribution in [-0.4, -0.2) is 29.6 Å². The lowest BCUT2D eigenvalue weighted by Gasteiger charge is -2.30. The van der Waals surface area contributed by atoms with Gasteiger partial charge in [-0.15, -0.1) is 0 Å². The van der Waals surface area contributed by atoms with E-state index in [9.17, 15) is 18.0 Å². The van der Waals surface area contributed by atoms with Gasteiger partial charge < -0.3 is 4.90 Å². The Labute approximate surface area is 110 Å². The Morgan fingerprint density at radius 3 is 2.37 bits per heavy atom. The van der Waals surface area contributed by atoms with Gasteiger partial charge in [-0.3, -0.25) is 4.79 Å². The summed E-state index contributed by atoms with van der Waals surface area (Å²) in [5, 5.41) is 0. The van der Waals surface area contributed by atoms with Crippen LogP contribution < -0.4 is 0 Å². The van der Waals surface area contributed by atoms with Gasteiger partial charge in [-0.1, -0.05) is 18.2 Å². The van der Waals surface area contributed by atoms with Gasteiger partial charge in [0.15, 0.2) is 0 Å². The third kappa shape index (κ3) is 3.72. The van der Waals surface area contributed by atoms with E-state index >= 15 is 0 Å². The monoisotopic (exact) mass is 271 g/mol. The summed E-state index contributed by atoms with van der Waals surface area (Å²) in [6.45, 7) is 0.517. The van der Waals surface area contributed by atoms with Crippen LogP contribution >= 0.6 is 0 Å². The molecule has 0 aromatic heterocycles. The van der Waals surface area contributed by atoms with Crippen molar-refractivity contribution < 1.29 is 18.0 Å². The molecule has 1 amide bonds. The van der Waals surface area contributed by atoms with E-state index in [0.717, 1.165) is 17.7 Å². The maximum absolute atomic E-state index is 12.6. The van der Waals surface area contributed by atoms with Gasteiger partial charge in [0, 0.05) is 11.6 Å². The van der Waals surface area contributed by atoms with Crippen molar-refractivity contribution in [3.63, 3.8) is 0 Å². The summed E-state index contributed by atoms with van der Waals surface area (Å²) in [5.74, 6) is -0.340. The standard InChI is InChI=1S/C14H16F3NO/c1-10(11-7-8-11)18(9-14(15,16)17)13(19)12-5-3-2-4-6-12/h2-6,10-11H,7-9H2,1H3. The molecule has 1 saturated carbocycles. The lowest BCUT2D eigenvalue weighted by atomic mass is 10.1. The van der Waals surface area contributed by atoms with Gasteiger partial charge >= 0.3 is 6.18 Å². The molecule has 0 spiro atoms. The third-order valence-corrected chi connectivity index (χ3v) is 3.43. The first-order chi connectivity index (χ1) is 8.88. The molecular formula is C14H16F3NO. The molecule has 19 heavy (non-hydrogen) atoms. The molecule has 5 heteroatoms. The molecule has 1 atom stereocenters. The van der Waals surface area contributed by atoms with Gasteiger partial charge in [0.05, 0.1) is 0 Å². The third-order valence-electron chi connectivity index (χ3n) is 3.43. The highest BCUT2D eigenvalue weighted by atomic mass is 19.4. The molecule has 1 aromatic carbocycles. The lowest BCUT2D eigenvalue weighted by molar-refractivity contribution is -0.144. The quantitative estimate of drug-likeness (QED) is 0.821. The van der Waals surface area contributed by atoms with Gasteiger partial charge in [-0.05, 0) is 37.8 Å². The number of carbonyl (C=O) groups excluding carboxylic acids is 1. The van der Waals surface area contributed by atoms with Crippen LogP contribution in [0.15, 0.2) is 30.3 Å². The minimum absolute atomic E-state index is 0.204. The minimum atomic E-state index is -4.37. The van der Waals surface area contributed by atoms with Crippen molar-refractivity contribution in [2.45, 2.75) is 32.0 Å². The van der Waals surface area contributed by atoms with Gasteiger partial charge in [0.1, 0.15) is 6.54 Å². The number of alkyl halides is 3. The summed E-state index contributed by atoms with van der Waals surface area (Å²) in [6.07, 6.45) is -2.57. The Kier molecular flexibility index (Phi) is 3.83. The average molecular weight is 271 g/mol. The van der Waals surface area contributed by atoms with Crippen molar-refractivity contribution in [3.05, 3.63) is 35.9 Å². The zero-order valence-electron chi connectivity index (χ0n) is 10.7. The number of nitrogens with zero attached hydrogens (tertiary/aromatic N) is 1. The molecule has 1 aliphatic carbocycles. The highest BCUT2D eigenvalue weighted by molar-refractivity contribution is 5.94. The van der Waals surface area contributed by atoms with E-state index < -0.39 is 18.6 Å². The van der Waals surface area contributed by atoms with Gasteiger partial charge in [-0.25, -0.2) is 0 Å². The van der Waals surface area contributed by atoms with Gasteiger partial charge in [0.2, 0.25) is 0 Å². The van der Waals surface area contributed by atoms with Crippen LogP contribution in [0.3, 0.4) is 0 Å². The fourth-order valence-corrected chi connectivity index (χ4v) is 2.17. The summed E-state index contributed by atoms with van der Waals surface area (Å²) in [5.41, 5.74) is 0.305. The molecule has 0 radical (unpaired) electrons. The van der Waals surface area contributed by atoms with Crippen LogP contribution in [0.1, 0.15) is 30.1 Å². The number of benzene rings is 1. The highest BCUT2D eigenvalue weighted by Crippen LogP contribution is 2.36. The number of hydrogen-bond donors (Lipinski definition) is 0. The van der Waals surface area contributed by atoms with E-state index in [4.69, 9.17) is 0 Å². The van der Waals surface area contributed by atoms with Crippen LogP contribution in [0, 0.1) is 5.92 Å². The lowest BCUT2D eigenvalue weighted by Crippen LogP contribution is -2.45. The van der Waals surface area contributed by atoms with Crippen LogP contribution in [0.4, 0.5) is 13.2 Å². The smallest absolute Gasteiger partial charge is 0.327 e. The Hall–Kier alpha value is -1.52. The Morgan fingerprint density at radius 1 is 1.32 bits per heavy atom. The van der Waals surface area contributed by atoms with Crippen LogP contribution in [0.5, 0.6) is 0 Å². The summed E-state index contributed by atoms with van der Waals surface area (Å²) in [7, 11) is 0. The predicted octanol–water partition coefficient (Wildman–Crippen LogP) is 3.49. The van der Waals surface area contributed by atoms with Crippen LogP contribution in [0.2, 0.25) is 0 Å². The first kappa shape index (κ1) is 13.9. The van der Waals surface area contributed by atoms with E-state index in [1.807, 2.05) is 0 Å². The first-order valence-electron chi connectivity index (χ1n) is 6.31. The number of amides is 1. The van der Waals surface area contributed by atoms with Crippen LogP contribution in [0.25, 0.3) is 0 Å². The number of hydrogen-bond acceptors (Lipinski definition) is 1. The molecule has 1 aliphatic rings. The zero-order chi connectivity index (χ0) is 14.0. The molecule has 0 heterocycles. The molecule has 1 unspecified atom stereocenters. The normalized spacial score (nSPS) is 17.1. The fourth-order valence-electron chi connectivity index (χ4n) is 2.17. The number of rotatable bonds is 4.